The molecule has 0 fully saturated rings. The Hall–Kier alpha value is -1.52. The fraction of sp³-hybridized carbons (Fsp3) is 0.500. The van der Waals surface area contributed by atoms with Crippen molar-refractivity contribution in [3.63, 3.8) is 0 Å². The Labute approximate surface area is 75.4 Å². The van der Waals surface area contributed by atoms with Crippen LogP contribution in [0.25, 0.3) is 0 Å². The SMILES string of the molecule is CCc1c[n+](O)c(CC)c(=O)n1O. The standard InChI is InChI=1S/C8H13N2O3/c1-3-6-5-9(12)7(4-2)8(11)10(6)13/h5,12-13H,3-4H2,1-2H3/q+1. The lowest BCUT2D eigenvalue weighted by Gasteiger charge is -2.01. The van der Waals surface area contributed by atoms with Gasteiger partial charge in [-0.25, -0.2) is 0 Å². The lowest BCUT2D eigenvalue weighted by molar-refractivity contribution is -0.910. The van der Waals surface area contributed by atoms with Gasteiger partial charge >= 0.3 is 11.3 Å². The second-order valence-electron chi connectivity index (χ2n) is 2.74. The van der Waals surface area contributed by atoms with Gasteiger partial charge in [-0.3, -0.25) is 10.0 Å². The first-order valence-corrected chi connectivity index (χ1v) is 4.19. The highest BCUT2D eigenvalue weighted by molar-refractivity contribution is 4.97. The van der Waals surface area contributed by atoms with Crippen molar-refractivity contribution < 1.29 is 15.1 Å². The Morgan fingerprint density at radius 1 is 1.46 bits per heavy atom. The van der Waals surface area contributed by atoms with Gasteiger partial charge in [-0.1, -0.05) is 13.8 Å². The molecule has 0 unspecified atom stereocenters. The molecule has 0 saturated carbocycles. The molecule has 0 bridgehead atoms. The highest BCUT2D eigenvalue weighted by Gasteiger charge is 2.19. The van der Waals surface area contributed by atoms with E-state index in [1.807, 2.05) is 0 Å². The Kier molecular flexibility index (Phi) is 2.55. The monoisotopic (exact) mass is 185 g/mol. The molecule has 0 aliphatic carbocycles. The minimum atomic E-state index is -0.565. The molecular formula is C8H13N2O3+. The first-order valence-electron chi connectivity index (χ1n) is 4.19. The predicted octanol–water partition coefficient (Wildman–Crippen LogP) is -0.265. The number of hydrogen-bond donors (Lipinski definition) is 2. The topological polar surface area (TPSA) is 66.3 Å². The Bertz CT molecular complexity index is 370. The van der Waals surface area contributed by atoms with E-state index in [2.05, 4.69) is 0 Å². The van der Waals surface area contributed by atoms with Crippen LogP contribution in [0.15, 0.2) is 11.0 Å². The van der Waals surface area contributed by atoms with Crippen molar-refractivity contribution in [2.45, 2.75) is 26.7 Å². The summed E-state index contributed by atoms with van der Waals surface area (Å²) in [6, 6.07) is 0. The van der Waals surface area contributed by atoms with Crippen molar-refractivity contribution in [1.82, 2.24) is 4.73 Å². The van der Waals surface area contributed by atoms with Gasteiger partial charge in [-0.05, 0) is 6.42 Å². The summed E-state index contributed by atoms with van der Waals surface area (Å²) < 4.78 is 1.35. The second kappa shape index (κ2) is 3.47. The maximum Gasteiger partial charge on any atom is 0.355 e. The molecule has 0 atom stereocenters. The van der Waals surface area contributed by atoms with Gasteiger partial charge in [-0.15, -0.1) is 4.73 Å². The minimum absolute atomic E-state index is 0.166. The van der Waals surface area contributed by atoms with E-state index < -0.39 is 5.56 Å². The summed E-state index contributed by atoms with van der Waals surface area (Å²) in [5, 5.41) is 18.6. The fourth-order valence-corrected chi connectivity index (χ4v) is 1.18. The Balaban J connectivity index is 3.46. The zero-order chi connectivity index (χ0) is 10.0. The van der Waals surface area contributed by atoms with E-state index in [0.717, 1.165) is 4.73 Å². The van der Waals surface area contributed by atoms with Gasteiger partial charge in [0.05, 0.1) is 0 Å². The van der Waals surface area contributed by atoms with Crippen molar-refractivity contribution >= 4 is 0 Å². The third-order valence-corrected chi connectivity index (χ3v) is 1.96. The molecule has 0 radical (unpaired) electrons. The fourth-order valence-electron chi connectivity index (χ4n) is 1.18. The molecule has 0 spiro atoms. The number of nitrogens with zero attached hydrogens (tertiary/aromatic N) is 2. The number of aromatic nitrogens is 2. The summed E-state index contributed by atoms with van der Waals surface area (Å²) in [5.74, 6) is 0. The maximum absolute atomic E-state index is 11.3. The van der Waals surface area contributed by atoms with Gasteiger partial charge in [0.1, 0.15) is 5.69 Å². The van der Waals surface area contributed by atoms with E-state index in [0.29, 0.717) is 23.3 Å². The second-order valence-corrected chi connectivity index (χ2v) is 2.74. The third-order valence-electron chi connectivity index (χ3n) is 1.96. The normalized spacial score (nSPS) is 10.3. The van der Waals surface area contributed by atoms with Gasteiger partial charge in [-0.2, -0.15) is 0 Å². The van der Waals surface area contributed by atoms with E-state index in [4.69, 9.17) is 0 Å². The summed E-state index contributed by atoms with van der Waals surface area (Å²) in [6.45, 7) is 3.52. The molecule has 13 heavy (non-hydrogen) atoms. The average Bonchev–Trinajstić information content (AvgIpc) is 2.12. The lowest BCUT2D eigenvalue weighted by Crippen LogP contribution is -2.45. The molecule has 72 valence electrons. The first-order chi connectivity index (χ1) is 6.11. The number of hydrogen-bond acceptors (Lipinski definition) is 3. The van der Waals surface area contributed by atoms with Crippen molar-refractivity contribution in [2.75, 3.05) is 0 Å². The minimum Gasteiger partial charge on any atom is -0.425 e. The molecule has 1 aromatic rings. The maximum atomic E-state index is 11.3. The average molecular weight is 185 g/mol. The van der Waals surface area contributed by atoms with Gasteiger partial charge in [0.15, 0.2) is 0 Å². The van der Waals surface area contributed by atoms with Crippen LogP contribution in [0.1, 0.15) is 25.2 Å². The zero-order valence-corrected chi connectivity index (χ0v) is 7.69. The molecule has 2 N–H and O–H groups in total. The van der Waals surface area contributed by atoms with Crippen LogP contribution < -0.4 is 10.3 Å². The van der Waals surface area contributed by atoms with E-state index in [9.17, 15) is 15.2 Å². The summed E-state index contributed by atoms with van der Waals surface area (Å²) in [6.07, 6.45) is 2.19. The molecule has 0 saturated heterocycles. The summed E-state index contributed by atoms with van der Waals surface area (Å²) in [5.41, 5.74) is -0.0197. The quantitative estimate of drug-likeness (QED) is 0.492. The molecule has 0 aromatic carbocycles. The van der Waals surface area contributed by atoms with Crippen LogP contribution in [0.3, 0.4) is 0 Å². The van der Waals surface area contributed by atoms with Crippen molar-refractivity contribution in [3.8, 4) is 0 Å². The molecule has 1 aromatic heterocycles. The largest absolute Gasteiger partial charge is 0.425 e. The van der Waals surface area contributed by atoms with Gasteiger partial charge < -0.3 is 5.21 Å². The Morgan fingerprint density at radius 3 is 2.54 bits per heavy atom. The van der Waals surface area contributed by atoms with Crippen molar-refractivity contribution in [1.29, 1.82) is 0 Å². The van der Waals surface area contributed by atoms with Crippen LogP contribution in [-0.4, -0.2) is 15.1 Å². The summed E-state index contributed by atoms with van der Waals surface area (Å²) in [4.78, 5) is 11.3. The molecule has 1 rings (SSSR count). The van der Waals surface area contributed by atoms with Crippen molar-refractivity contribution in [3.05, 3.63) is 27.9 Å². The van der Waals surface area contributed by atoms with E-state index >= 15 is 0 Å². The van der Waals surface area contributed by atoms with Gasteiger partial charge in [0, 0.05) is 11.2 Å². The molecule has 0 aliphatic heterocycles. The van der Waals surface area contributed by atoms with E-state index in [1.54, 1.807) is 13.8 Å². The van der Waals surface area contributed by atoms with Gasteiger partial charge in [0.25, 0.3) is 0 Å². The summed E-state index contributed by atoms with van der Waals surface area (Å²) in [7, 11) is 0. The predicted molar refractivity (Wildman–Crippen MR) is 44.0 cm³/mol. The summed E-state index contributed by atoms with van der Waals surface area (Å²) >= 11 is 0. The molecule has 0 amide bonds. The molecule has 0 aliphatic rings. The highest BCUT2D eigenvalue weighted by Crippen LogP contribution is 1.92. The Morgan fingerprint density at radius 2 is 2.08 bits per heavy atom. The van der Waals surface area contributed by atoms with Crippen LogP contribution >= 0.6 is 0 Å². The number of aryl methyl sites for hydroxylation is 1. The van der Waals surface area contributed by atoms with Crippen LogP contribution in [0.2, 0.25) is 0 Å². The van der Waals surface area contributed by atoms with Crippen molar-refractivity contribution in [2.24, 2.45) is 0 Å². The lowest BCUT2D eigenvalue weighted by atomic mass is 10.3. The van der Waals surface area contributed by atoms with E-state index in [-0.39, 0.29) is 5.69 Å². The highest BCUT2D eigenvalue weighted by atomic mass is 16.5. The van der Waals surface area contributed by atoms with Crippen LogP contribution in [0.4, 0.5) is 0 Å². The molecular weight excluding hydrogens is 172 g/mol. The first kappa shape index (κ1) is 9.57. The van der Waals surface area contributed by atoms with E-state index in [1.165, 1.54) is 6.20 Å². The third kappa shape index (κ3) is 1.49. The molecule has 5 heteroatoms. The zero-order valence-electron chi connectivity index (χ0n) is 7.69. The van der Waals surface area contributed by atoms with Crippen LogP contribution in [0.5, 0.6) is 0 Å². The van der Waals surface area contributed by atoms with Crippen LogP contribution in [-0.2, 0) is 12.8 Å². The smallest absolute Gasteiger partial charge is 0.355 e. The van der Waals surface area contributed by atoms with Crippen LogP contribution in [0, 0.1) is 0 Å². The molecule has 5 nitrogen and oxygen atoms in total. The number of rotatable bonds is 2. The van der Waals surface area contributed by atoms with Gasteiger partial charge in [0.2, 0.25) is 6.20 Å². The molecule has 1 heterocycles.